The van der Waals surface area contributed by atoms with E-state index in [1.807, 2.05) is 0 Å². The van der Waals surface area contributed by atoms with Crippen molar-refractivity contribution < 1.29 is 8.78 Å². The molecule has 0 aliphatic rings. The topological polar surface area (TPSA) is 22.0 Å². The lowest BCUT2D eigenvalue weighted by Gasteiger charge is -2.08. The molecule has 1 aromatic carbocycles. The van der Waals surface area contributed by atoms with E-state index < -0.39 is 6.43 Å². The van der Waals surface area contributed by atoms with Crippen LogP contribution in [0.4, 0.5) is 8.78 Å². The molecule has 0 radical (unpaired) electrons. The van der Waals surface area contributed by atoms with Crippen LogP contribution in [0.25, 0.3) is 5.69 Å². The molecule has 2 rings (SSSR count). The minimum Gasteiger partial charge on any atom is -0.284 e. The summed E-state index contributed by atoms with van der Waals surface area (Å²) in [7, 11) is 0. The Morgan fingerprint density at radius 1 is 1.11 bits per heavy atom. The Hall–Kier alpha value is -1.97. The molecular formula is C15H15F2NO. The van der Waals surface area contributed by atoms with Crippen LogP contribution in [0.15, 0.2) is 47.4 Å². The van der Waals surface area contributed by atoms with Crippen LogP contribution < -0.4 is 5.56 Å². The van der Waals surface area contributed by atoms with E-state index in [2.05, 4.69) is 6.92 Å². The highest BCUT2D eigenvalue weighted by molar-refractivity contribution is 5.36. The Balaban J connectivity index is 2.40. The molecule has 0 bridgehead atoms. The normalized spacial score (nSPS) is 10.9. The molecule has 0 aliphatic heterocycles. The summed E-state index contributed by atoms with van der Waals surface area (Å²) in [4.78, 5) is 11.8. The molecule has 0 fully saturated rings. The molecule has 1 aromatic heterocycles. The summed E-state index contributed by atoms with van der Waals surface area (Å²) < 4.78 is 26.4. The second-order valence-corrected chi connectivity index (χ2v) is 4.39. The quantitative estimate of drug-likeness (QED) is 0.823. The number of aryl methyl sites for hydroxylation is 1. The maximum atomic E-state index is 12.5. The first-order valence-corrected chi connectivity index (χ1v) is 6.22. The lowest BCUT2D eigenvalue weighted by molar-refractivity contribution is 0.151. The number of aromatic nitrogens is 1. The fourth-order valence-corrected chi connectivity index (χ4v) is 1.95. The first kappa shape index (κ1) is 13.5. The Morgan fingerprint density at radius 2 is 1.79 bits per heavy atom. The van der Waals surface area contributed by atoms with E-state index in [1.165, 1.54) is 22.8 Å². The number of hydrogen-bond acceptors (Lipinski definition) is 1. The van der Waals surface area contributed by atoms with Gasteiger partial charge in [0.1, 0.15) is 0 Å². The highest BCUT2D eigenvalue weighted by Crippen LogP contribution is 2.19. The highest BCUT2D eigenvalue weighted by atomic mass is 19.3. The van der Waals surface area contributed by atoms with Crippen molar-refractivity contribution >= 4 is 0 Å². The van der Waals surface area contributed by atoms with Gasteiger partial charge < -0.3 is 0 Å². The maximum absolute atomic E-state index is 12.5. The molecule has 0 unspecified atom stereocenters. The van der Waals surface area contributed by atoms with Crippen LogP contribution in [0.5, 0.6) is 0 Å². The number of alkyl halides is 2. The second-order valence-electron chi connectivity index (χ2n) is 4.39. The fraction of sp³-hybridized carbons (Fsp3) is 0.267. The Labute approximate surface area is 110 Å². The van der Waals surface area contributed by atoms with Crippen molar-refractivity contribution in [1.82, 2.24) is 4.57 Å². The zero-order chi connectivity index (χ0) is 13.8. The van der Waals surface area contributed by atoms with Crippen molar-refractivity contribution in [3.63, 3.8) is 0 Å². The monoisotopic (exact) mass is 263 g/mol. The summed E-state index contributed by atoms with van der Waals surface area (Å²) in [5, 5.41) is 0. The fourth-order valence-electron chi connectivity index (χ4n) is 1.95. The predicted molar refractivity (Wildman–Crippen MR) is 71.0 cm³/mol. The average Bonchev–Trinajstić information content (AvgIpc) is 2.41. The number of hydrogen-bond donors (Lipinski definition) is 0. The number of benzene rings is 1. The third kappa shape index (κ3) is 3.08. The summed E-state index contributed by atoms with van der Waals surface area (Å²) >= 11 is 0. The van der Waals surface area contributed by atoms with E-state index in [0.717, 1.165) is 18.4 Å². The smallest absolute Gasteiger partial charge is 0.263 e. The molecule has 19 heavy (non-hydrogen) atoms. The molecule has 0 saturated heterocycles. The number of rotatable bonds is 4. The molecule has 2 nitrogen and oxygen atoms in total. The third-order valence-corrected chi connectivity index (χ3v) is 2.93. The van der Waals surface area contributed by atoms with Gasteiger partial charge in [-0.3, -0.25) is 9.36 Å². The summed E-state index contributed by atoms with van der Waals surface area (Å²) in [6.07, 6.45) is 1.15. The van der Waals surface area contributed by atoms with Crippen LogP contribution in [0.1, 0.15) is 30.9 Å². The molecule has 0 N–H and O–H groups in total. The molecule has 100 valence electrons. The predicted octanol–water partition coefficient (Wildman–Crippen LogP) is 3.73. The number of nitrogens with zero attached hydrogens (tertiary/aromatic N) is 1. The van der Waals surface area contributed by atoms with Crippen molar-refractivity contribution in [2.75, 3.05) is 0 Å². The molecule has 0 atom stereocenters. The number of pyridine rings is 1. The lowest BCUT2D eigenvalue weighted by Crippen LogP contribution is -2.17. The second kappa shape index (κ2) is 5.78. The van der Waals surface area contributed by atoms with Crippen LogP contribution in [0.3, 0.4) is 0 Å². The summed E-state index contributed by atoms with van der Waals surface area (Å²) in [6, 6.07) is 9.08. The third-order valence-electron chi connectivity index (χ3n) is 2.93. The van der Waals surface area contributed by atoms with Gasteiger partial charge in [-0.2, -0.15) is 0 Å². The van der Waals surface area contributed by atoms with E-state index in [-0.39, 0.29) is 11.1 Å². The first-order valence-electron chi connectivity index (χ1n) is 6.22. The lowest BCUT2D eigenvalue weighted by atomic mass is 10.1. The Bertz CT molecular complexity index is 602. The standard InChI is InChI=1S/C15H15F2NO/c1-2-3-11-4-9-14(19)18(10-11)13-7-5-12(6-8-13)15(16)17/h4-10,15H,2-3H2,1H3. The van der Waals surface area contributed by atoms with Crippen LogP contribution in [0, 0.1) is 0 Å². The van der Waals surface area contributed by atoms with E-state index in [9.17, 15) is 13.6 Å². The van der Waals surface area contributed by atoms with Crippen molar-refractivity contribution in [3.8, 4) is 5.69 Å². The summed E-state index contributed by atoms with van der Waals surface area (Å²) in [5.41, 5.74) is 1.46. The van der Waals surface area contributed by atoms with E-state index in [1.54, 1.807) is 24.4 Å². The van der Waals surface area contributed by atoms with Gasteiger partial charge in [-0.15, -0.1) is 0 Å². The van der Waals surface area contributed by atoms with Crippen LogP contribution in [-0.2, 0) is 6.42 Å². The van der Waals surface area contributed by atoms with Crippen molar-refractivity contribution in [3.05, 3.63) is 64.1 Å². The van der Waals surface area contributed by atoms with Crippen molar-refractivity contribution in [2.24, 2.45) is 0 Å². The molecule has 1 heterocycles. The van der Waals surface area contributed by atoms with Gasteiger partial charge in [0.15, 0.2) is 0 Å². The van der Waals surface area contributed by atoms with Gasteiger partial charge in [0.25, 0.3) is 12.0 Å². The maximum Gasteiger partial charge on any atom is 0.263 e. The molecule has 2 aromatic rings. The zero-order valence-corrected chi connectivity index (χ0v) is 10.6. The molecule has 0 spiro atoms. The van der Waals surface area contributed by atoms with Gasteiger partial charge in [0.05, 0.1) is 0 Å². The van der Waals surface area contributed by atoms with Crippen LogP contribution in [0.2, 0.25) is 0 Å². The summed E-state index contributed by atoms with van der Waals surface area (Å²) in [5.74, 6) is 0. The summed E-state index contributed by atoms with van der Waals surface area (Å²) in [6.45, 7) is 2.06. The van der Waals surface area contributed by atoms with Gasteiger partial charge in [-0.1, -0.05) is 31.5 Å². The molecule has 0 aliphatic carbocycles. The van der Waals surface area contributed by atoms with Crippen LogP contribution >= 0.6 is 0 Å². The number of halogens is 2. The molecule has 4 heteroatoms. The Kier molecular flexibility index (Phi) is 4.10. The molecular weight excluding hydrogens is 248 g/mol. The minimum atomic E-state index is -2.49. The van der Waals surface area contributed by atoms with Gasteiger partial charge in [-0.25, -0.2) is 8.78 Å². The first-order chi connectivity index (χ1) is 9.11. The molecule has 0 saturated carbocycles. The van der Waals surface area contributed by atoms with Crippen molar-refractivity contribution in [2.45, 2.75) is 26.2 Å². The zero-order valence-electron chi connectivity index (χ0n) is 10.6. The van der Waals surface area contributed by atoms with Crippen LogP contribution in [-0.4, -0.2) is 4.57 Å². The largest absolute Gasteiger partial charge is 0.284 e. The minimum absolute atomic E-state index is 0.0403. The highest BCUT2D eigenvalue weighted by Gasteiger charge is 2.07. The SMILES string of the molecule is CCCc1ccc(=O)n(-c2ccc(C(F)F)cc2)c1. The van der Waals surface area contributed by atoms with Gasteiger partial charge in [0, 0.05) is 23.5 Å². The van der Waals surface area contributed by atoms with Gasteiger partial charge in [-0.05, 0) is 24.1 Å². The van der Waals surface area contributed by atoms with Crippen molar-refractivity contribution in [1.29, 1.82) is 0 Å². The average molecular weight is 263 g/mol. The molecule has 0 amide bonds. The van der Waals surface area contributed by atoms with E-state index in [0.29, 0.717) is 5.69 Å². The van der Waals surface area contributed by atoms with Gasteiger partial charge in [0.2, 0.25) is 0 Å². The Morgan fingerprint density at radius 3 is 2.37 bits per heavy atom. The van der Waals surface area contributed by atoms with E-state index >= 15 is 0 Å². The van der Waals surface area contributed by atoms with E-state index in [4.69, 9.17) is 0 Å². The van der Waals surface area contributed by atoms with Gasteiger partial charge >= 0.3 is 0 Å².